The lowest BCUT2D eigenvalue weighted by atomic mass is 10.1. The van der Waals surface area contributed by atoms with Gasteiger partial charge in [-0.15, -0.1) is 11.3 Å². The fraction of sp³-hybridized carbons (Fsp3) is 0.278. The molecule has 0 aliphatic heterocycles. The highest BCUT2D eigenvalue weighted by Gasteiger charge is 2.17. The summed E-state index contributed by atoms with van der Waals surface area (Å²) in [6.07, 6.45) is 0.811. The lowest BCUT2D eigenvalue weighted by molar-refractivity contribution is 0.103. The lowest BCUT2D eigenvalue weighted by Crippen LogP contribution is -2.12. The van der Waals surface area contributed by atoms with Crippen molar-refractivity contribution in [2.24, 2.45) is 0 Å². The molecular weight excluding hydrogens is 322 g/mol. The van der Waals surface area contributed by atoms with Crippen LogP contribution in [0.15, 0.2) is 30.3 Å². The van der Waals surface area contributed by atoms with Gasteiger partial charge in [-0.2, -0.15) is 0 Å². The van der Waals surface area contributed by atoms with Gasteiger partial charge in [-0.25, -0.2) is 4.98 Å². The maximum Gasteiger partial charge on any atom is 0.267 e. The number of benzene rings is 1. The smallest absolute Gasteiger partial charge is 0.267 e. The first kappa shape index (κ1) is 16.5. The summed E-state index contributed by atoms with van der Waals surface area (Å²) in [5, 5.41) is 4.76. The van der Waals surface area contributed by atoms with Crippen LogP contribution >= 0.6 is 11.3 Å². The fourth-order valence-corrected chi connectivity index (χ4v) is 3.47. The van der Waals surface area contributed by atoms with Crippen LogP contribution in [0.5, 0.6) is 0 Å². The van der Waals surface area contributed by atoms with Gasteiger partial charge in [0.1, 0.15) is 9.88 Å². The van der Waals surface area contributed by atoms with Crippen molar-refractivity contribution >= 4 is 33.8 Å². The third-order valence-electron chi connectivity index (χ3n) is 3.69. The van der Waals surface area contributed by atoms with Crippen LogP contribution in [0.3, 0.4) is 0 Å². The average molecular weight is 341 g/mol. The van der Waals surface area contributed by atoms with Crippen molar-refractivity contribution in [2.45, 2.75) is 26.9 Å². The number of nitrogens with one attached hydrogen (secondary N) is 1. The molecule has 2 aromatic heterocycles. The number of rotatable bonds is 5. The van der Waals surface area contributed by atoms with E-state index in [0.29, 0.717) is 11.5 Å². The van der Waals surface area contributed by atoms with Crippen molar-refractivity contribution in [1.29, 1.82) is 0 Å². The molecule has 0 spiro atoms. The number of aromatic nitrogens is 2. The van der Waals surface area contributed by atoms with Crippen molar-refractivity contribution in [3.05, 3.63) is 51.6 Å². The highest BCUT2D eigenvalue weighted by atomic mass is 32.1. The van der Waals surface area contributed by atoms with E-state index in [2.05, 4.69) is 15.3 Å². The summed E-state index contributed by atoms with van der Waals surface area (Å²) >= 11 is 1.36. The Morgan fingerprint density at radius 2 is 2.08 bits per heavy atom. The van der Waals surface area contributed by atoms with Gasteiger partial charge in [0.15, 0.2) is 0 Å². The number of hydrogen-bond donors (Lipinski definition) is 1. The normalized spacial score (nSPS) is 11.0. The Morgan fingerprint density at radius 1 is 1.29 bits per heavy atom. The van der Waals surface area contributed by atoms with E-state index in [0.717, 1.165) is 39.4 Å². The van der Waals surface area contributed by atoms with Crippen LogP contribution in [0, 0.1) is 6.92 Å². The van der Waals surface area contributed by atoms with Gasteiger partial charge in [-0.05, 0) is 25.5 Å². The Morgan fingerprint density at radius 3 is 2.83 bits per heavy atom. The number of aryl methyl sites for hydroxylation is 2. The maximum absolute atomic E-state index is 12.7. The van der Waals surface area contributed by atoms with E-state index < -0.39 is 0 Å². The zero-order chi connectivity index (χ0) is 17.1. The molecule has 24 heavy (non-hydrogen) atoms. The minimum Gasteiger partial charge on any atom is -0.378 e. The molecular formula is C18H19N3O2S. The summed E-state index contributed by atoms with van der Waals surface area (Å²) in [5.41, 5.74) is 3.33. The Kier molecular flexibility index (Phi) is 4.87. The summed E-state index contributed by atoms with van der Waals surface area (Å²) in [7, 11) is 1.62. The topological polar surface area (TPSA) is 64.1 Å². The maximum atomic E-state index is 12.7. The molecule has 124 valence electrons. The second-order valence-electron chi connectivity index (χ2n) is 5.44. The number of pyridine rings is 1. The highest BCUT2D eigenvalue weighted by molar-refractivity contribution is 7.13. The monoisotopic (exact) mass is 341 g/mol. The molecule has 6 heteroatoms. The summed E-state index contributed by atoms with van der Waals surface area (Å²) < 4.78 is 5.09. The summed E-state index contributed by atoms with van der Waals surface area (Å²) in [5.74, 6) is -0.147. The first-order chi connectivity index (χ1) is 11.6. The predicted molar refractivity (Wildman–Crippen MR) is 96.6 cm³/mol. The molecule has 0 aliphatic carbocycles. The standard InChI is InChI=1S/C18H19N3O2S/c1-4-12-9-15(13-7-5-6-8-14(13)20-12)21-18(22)17-11(2)19-16(24-17)10-23-3/h5-9H,4,10H2,1-3H3,(H,20,21,22). The third kappa shape index (κ3) is 3.29. The van der Waals surface area contributed by atoms with Gasteiger partial charge in [0.25, 0.3) is 5.91 Å². The van der Waals surface area contributed by atoms with Crippen LogP contribution in [-0.2, 0) is 17.8 Å². The van der Waals surface area contributed by atoms with E-state index >= 15 is 0 Å². The van der Waals surface area contributed by atoms with Crippen LogP contribution in [0.4, 0.5) is 5.69 Å². The zero-order valence-corrected chi connectivity index (χ0v) is 14.7. The van der Waals surface area contributed by atoms with Gasteiger partial charge < -0.3 is 10.1 Å². The molecule has 2 heterocycles. The van der Waals surface area contributed by atoms with E-state index in [9.17, 15) is 4.79 Å². The number of hydrogen-bond acceptors (Lipinski definition) is 5. The number of anilines is 1. The molecule has 0 radical (unpaired) electrons. The molecule has 1 aromatic carbocycles. The molecule has 0 atom stereocenters. The molecule has 0 unspecified atom stereocenters. The van der Waals surface area contributed by atoms with Crippen LogP contribution in [-0.4, -0.2) is 23.0 Å². The molecule has 1 N–H and O–H groups in total. The van der Waals surface area contributed by atoms with E-state index in [1.165, 1.54) is 11.3 Å². The molecule has 0 bridgehead atoms. The van der Waals surface area contributed by atoms with E-state index in [1.807, 2.05) is 44.2 Å². The molecule has 3 aromatic rings. The average Bonchev–Trinajstić information content (AvgIpc) is 2.95. The number of methoxy groups -OCH3 is 1. The number of amides is 1. The Bertz CT molecular complexity index is 889. The molecule has 1 amide bonds. The number of fused-ring (bicyclic) bond motifs is 1. The molecule has 3 rings (SSSR count). The number of carbonyl (C=O) groups is 1. The SMILES string of the molecule is CCc1cc(NC(=O)c2sc(COC)nc2C)c2ccccc2n1. The van der Waals surface area contributed by atoms with Gasteiger partial charge in [-0.3, -0.25) is 9.78 Å². The van der Waals surface area contributed by atoms with Crippen molar-refractivity contribution in [3.63, 3.8) is 0 Å². The number of para-hydroxylation sites is 1. The van der Waals surface area contributed by atoms with Crippen molar-refractivity contribution in [1.82, 2.24) is 9.97 Å². The van der Waals surface area contributed by atoms with Crippen LogP contribution in [0.1, 0.15) is 33.0 Å². The number of carbonyl (C=O) groups excluding carboxylic acids is 1. The summed E-state index contributed by atoms with van der Waals surface area (Å²) in [6.45, 7) is 4.30. The van der Waals surface area contributed by atoms with Crippen molar-refractivity contribution < 1.29 is 9.53 Å². The van der Waals surface area contributed by atoms with Crippen LogP contribution in [0.2, 0.25) is 0 Å². The quantitative estimate of drug-likeness (QED) is 0.763. The van der Waals surface area contributed by atoms with Gasteiger partial charge in [0.05, 0.1) is 23.5 Å². The van der Waals surface area contributed by atoms with E-state index in [-0.39, 0.29) is 5.91 Å². The lowest BCUT2D eigenvalue weighted by Gasteiger charge is -2.10. The minimum absolute atomic E-state index is 0.147. The molecule has 0 saturated carbocycles. The Labute approximate surface area is 144 Å². The Hall–Kier alpha value is -2.31. The van der Waals surface area contributed by atoms with Crippen LogP contribution < -0.4 is 5.32 Å². The third-order valence-corrected chi connectivity index (χ3v) is 4.82. The first-order valence-electron chi connectivity index (χ1n) is 7.77. The summed E-state index contributed by atoms with van der Waals surface area (Å²) in [4.78, 5) is 22.3. The van der Waals surface area contributed by atoms with Gasteiger partial charge in [0.2, 0.25) is 0 Å². The summed E-state index contributed by atoms with van der Waals surface area (Å²) in [6, 6.07) is 9.75. The van der Waals surface area contributed by atoms with Gasteiger partial charge in [0, 0.05) is 18.2 Å². The predicted octanol–water partition coefficient (Wildman–Crippen LogP) is 3.96. The van der Waals surface area contributed by atoms with E-state index in [1.54, 1.807) is 7.11 Å². The molecule has 5 nitrogen and oxygen atoms in total. The first-order valence-corrected chi connectivity index (χ1v) is 8.59. The largest absolute Gasteiger partial charge is 0.378 e. The van der Waals surface area contributed by atoms with E-state index in [4.69, 9.17) is 4.74 Å². The fourth-order valence-electron chi connectivity index (χ4n) is 2.54. The number of thiazole rings is 1. The zero-order valence-electron chi connectivity index (χ0n) is 13.9. The Balaban J connectivity index is 1.96. The second kappa shape index (κ2) is 7.07. The highest BCUT2D eigenvalue weighted by Crippen LogP contribution is 2.26. The second-order valence-corrected chi connectivity index (χ2v) is 6.52. The minimum atomic E-state index is -0.147. The molecule has 0 aliphatic rings. The van der Waals surface area contributed by atoms with Crippen LogP contribution in [0.25, 0.3) is 10.9 Å². The van der Waals surface area contributed by atoms with Crippen molar-refractivity contribution in [2.75, 3.05) is 12.4 Å². The number of nitrogens with zero attached hydrogens (tertiary/aromatic N) is 2. The number of ether oxygens (including phenoxy) is 1. The molecule has 0 saturated heterocycles. The van der Waals surface area contributed by atoms with Crippen molar-refractivity contribution in [3.8, 4) is 0 Å². The molecule has 0 fully saturated rings. The van der Waals surface area contributed by atoms with Gasteiger partial charge >= 0.3 is 0 Å². The van der Waals surface area contributed by atoms with Gasteiger partial charge in [-0.1, -0.05) is 25.1 Å².